The third kappa shape index (κ3) is 2.98. The molecular weight excluding hydrogens is 246 g/mol. The maximum atomic E-state index is 12.0. The van der Waals surface area contributed by atoms with Gasteiger partial charge in [0, 0.05) is 25.9 Å². The largest absolute Gasteiger partial charge is 0.338 e. The zero-order valence-electron chi connectivity index (χ0n) is 11.3. The lowest BCUT2D eigenvalue weighted by atomic mass is 10.3. The summed E-state index contributed by atoms with van der Waals surface area (Å²) in [5.74, 6) is 1.15. The first-order valence-electron chi connectivity index (χ1n) is 6.22. The van der Waals surface area contributed by atoms with Crippen molar-refractivity contribution in [2.75, 3.05) is 0 Å². The van der Waals surface area contributed by atoms with E-state index < -0.39 is 0 Å². The Bertz CT molecular complexity index is 560. The molecule has 0 aliphatic rings. The van der Waals surface area contributed by atoms with E-state index in [0.717, 1.165) is 12.8 Å². The molecule has 19 heavy (non-hydrogen) atoms. The highest BCUT2D eigenvalue weighted by Crippen LogP contribution is 2.11. The molecule has 1 unspecified atom stereocenters. The highest BCUT2D eigenvalue weighted by molar-refractivity contribution is 5.90. The average Bonchev–Trinajstić information content (AvgIpc) is 2.98. The SMILES string of the molecule is CCCc1noc(C(C)NC(=O)c2nccn2C)n1. The van der Waals surface area contributed by atoms with Gasteiger partial charge in [0.15, 0.2) is 11.6 Å². The van der Waals surface area contributed by atoms with E-state index in [-0.39, 0.29) is 11.9 Å². The minimum atomic E-state index is -0.345. The summed E-state index contributed by atoms with van der Waals surface area (Å²) in [6, 6.07) is -0.345. The van der Waals surface area contributed by atoms with E-state index in [9.17, 15) is 4.79 Å². The summed E-state index contributed by atoms with van der Waals surface area (Å²) in [5.41, 5.74) is 0. The van der Waals surface area contributed by atoms with Gasteiger partial charge in [-0.3, -0.25) is 4.79 Å². The Labute approximate surface area is 111 Å². The second-order valence-corrected chi connectivity index (χ2v) is 4.36. The van der Waals surface area contributed by atoms with Crippen molar-refractivity contribution in [3.63, 3.8) is 0 Å². The van der Waals surface area contributed by atoms with Gasteiger partial charge in [0.05, 0.1) is 0 Å². The maximum absolute atomic E-state index is 12.0. The Morgan fingerprint density at radius 2 is 2.37 bits per heavy atom. The van der Waals surface area contributed by atoms with Gasteiger partial charge in [0.1, 0.15) is 6.04 Å². The summed E-state index contributed by atoms with van der Waals surface area (Å²) < 4.78 is 6.78. The smallest absolute Gasteiger partial charge is 0.287 e. The number of hydrogen-bond acceptors (Lipinski definition) is 5. The Balaban J connectivity index is 2.02. The third-order valence-electron chi connectivity index (χ3n) is 2.70. The summed E-state index contributed by atoms with van der Waals surface area (Å²) in [6.45, 7) is 3.84. The first-order chi connectivity index (χ1) is 9.11. The van der Waals surface area contributed by atoms with Crippen LogP contribution in [-0.4, -0.2) is 25.6 Å². The van der Waals surface area contributed by atoms with E-state index in [1.54, 1.807) is 30.9 Å². The standard InChI is InChI=1S/C12H17N5O2/c1-4-5-9-15-12(19-16-9)8(2)14-11(18)10-13-6-7-17(10)3/h6-8H,4-5H2,1-3H3,(H,14,18). The minimum Gasteiger partial charge on any atom is -0.338 e. The topological polar surface area (TPSA) is 85.8 Å². The number of nitrogens with one attached hydrogen (secondary N) is 1. The highest BCUT2D eigenvalue weighted by Gasteiger charge is 2.19. The number of aryl methyl sites for hydroxylation is 2. The number of rotatable bonds is 5. The van der Waals surface area contributed by atoms with E-state index in [0.29, 0.717) is 17.5 Å². The lowest BCUT2D eigenvalue weighted by molar-refractivity contribution is 0.0919. The van der Waals surface area contributed by atoms with Crippen molar-refractivity contribution in [3.05, 3.63) is 29.9 Å². The predicted molar refractivity (Wildman–Crippen MR) is 67.4 cm³/mol. The van der Waals surface area contributed by atoms with Gasteiger partial charge < -0.3 is 14.4 Å². The van der Waals surface area contributed by atoms with Crippen molar-refractivity contribution in [1.29, 1.82) is 0 Å². The van der Waals surface area contributed by atoms with Crippen molar-refractivity contribution in [2.24, 2.45) is 7.05 Å². The molecule has 1 amide bonds. The second-order valence-electron chi connectivity index (χ2n) is 4.36. The molecule has 7 heteroatoms. The fraction of sp³-hybridized carbons (Fsp3) is 0.500. The van der Waals surface area contributed by atoms with Gasteiger partial charge in [-0.2, -0.15) is 4.98 Å². The summed E-state index contributed by atoms with van der Waals surface area (Å²) >= 11 is 0. The number of carbonyl (C=O) groups excluding carboxylic acids is 1. The monoisotopic (exact) mass is 263 g/mol. The molecular formula is C12H17N5O2. The van der Waals surface area contributed by atoms with E-state index in [2.05, 4.69) is 20.4 Å². The van der Waals surface area contributed by atoms with Crippen LogP contribution in [0.1, 0.15) is 48.6 Å². The molecule has 0 bridgehead atoms. The van der Waals surface area contributed by atoms with Crippen LogP contribution in [0.3, 0.4) is 0 Å². The van der Waals surface area contributed by atoms with Gasteiger partial charge in [-0.25, -0.2) is 4.98 Å². The summed E-state index contributed by atoms with van der Waals surface area (Å²) in [5, 5.41) is 6.63. The molecule has 102 valence electrons. The Kier molecular flexibility index (Phi) is 3.94. The Hall–Kier alpha value is -2.18. The highest BCUT2D eigenvalue weighted by atomic mass is 16.5. The molecule has 2 rings (SSSR count). The van der Waals surface area contributed by atoms with Crippen molar-refractivity contribution >= 4 is 5.91 Å². The molecule has 0 aliphatic carbocycles. The first-order valence-corrected chi connectivity index (χ1v) is 6.22. The van der Waals surface area contributed by atoms with Crippen LogP contribution in [0.5, 0.6) is 0 Å². The molecule has 0 radical (unpaired) electrons. The molecule has 2 aromatic rings. The van der Waals surface area contributed by atoms with Crippen molar-refractivity contribution in [3.8, 4) is 0 Å². The van der Waals surface area contributed by atoms with E-state index in [4.69, 9.17) is 4.52 Å². The Morgan fingerprint density at radius 1 is 1.58 bits per heavy atom. The van der Waals surface area contributed by atoms with Gasteiger partial charge in [-0.05, 0) is 13.3 Å². The number of hydrogen-bond donors (Lipinski definition) is 1. The molecule has 1 N–H and O–H groups in total. The molecule has 2 aromatic heterocycles. The Morgan fingerprint density at radius 3 is 3.00 bits per heavy atom. The third-order valence-corrected chi connectivity index (χ3v) is 2.70. The van der Waals surface area contributed by atoms with Crippen LogP contribution in [0, 0.1) is 0 Å². The van der Waals surface area contributed by atoms with Crippen LogP contribution in [-0.2, 0) is 13.5 Å². The molecule has 1 atom stereocenters. The van der Waals surface area contributed by atoms with Crippen LogP contribution in [0.15, 0.2) is 16.9 Å². The average molecular weight is 263 g/mol. The van der Waals surface area contributed by atoms with Gasteiger partial charge in [-0.15, -0.1) is 0 Å². The molecule has 0 aliphatic heterocycles. The molecule has 0 saturated carbocycles. The first kappa shape index (κ1) is 13.3. The summed E-state index contributed by atoms with van der Waals surface area (Å²) in [6.07, 6.45) is 5.01. The number of nitrogens with zero attached hydrogens (tertiary/aromatic N) is 4. The minimum absolute atomic E-state index is 0.268. The molecule has 7 nitrogen and oxygen atoms in total. The predicted octanol–water partition coefficient (Wildman–Crippen LogP) is 1.25. The number of amides is 1. The molecule has 2 heterocycles. The molecule has 0 saturated heterocycles. The molecule has 0 fully saturated rings. The maximum Gasteiger partial charge on any atom is 0.287 e. The summed E-state index contributed by atoms with van der Waals surface area (Å²) in [7, 11) is 1.76. The van der Waals surface area contributed by atoms with Gasteiger partial charge in [-0.1, -0.05) is 12.1 Å². The van der Waals surface area contributed by atoms with E-state index in [1.165, 1.54) is 0 Å². The zero-order valence-corrected chi connectivity index (χ0v) is 11.3. The molecule has 0 aromatic carbocycles. The van der Waals surface area contributed by atoms with Crippen LogP contribution in [0.2, 0.25) is 0 Å². The second kappa shape index (κ2) is 5.64. The van der Waals surface area contributed by atoms with Gasteiger partial charge >= 0.3 is 0 Å². The van der Waals surface area contributed by atoms with Crippen LogP contribution >= 0.6 is 0 Å². The van der Waals surface area contributed by atoms with E-state index >= 15 is 0 Å². The van der Waals surface area contributed by atoms with Gasteiger partial charge in [0.2, 0.25) is 5.89 Å². The van der Waals surface area contributed by atoms with Crippen LogP contribution in [0.25, 0.3) is 0 Å². The fourth-order valence-corrected chi connectivity index (χ4v) is 1.68. The zero-order chi connectivity index (χ0) is 13.8. The van der Waals surface area contributed by atoms with Crippen LogP contribution < -0.4 is 5.32 Å². The fourth-order valence-electron chi connectivity index (χ4n) is 1.68. The quantitative estimate of drug-likeness (QED) is 0.877. The van der Waals surface area contributed by atoms with Crippen molar-refractivity contribution in [2.45, 2.75) is 32.7 Å². The number of carbonyl (C=O) groups is 1. The normalized spacial score (nSPS) is 12.4. The number of aromatic nitrogens is 4. The van der Waals surface area contributed by atoms with Crippen LogP contribution in [0.4, 0.5) is 0 Å². The van der Waals surface area contributed by atoms with E-state index in [1.807, 2.05) is 6.92 Å². The van der Waals surface area contributed by atoms with Gasteiger partial charge in [0.25, 0.3) is 5.91 Å². The number of imidazole rings is 1. The molecule has 0 spiro atoms. The lowest BCUT2D eigenvalue weighted by Crippen LogP contribution is -2.29. The van der Waals surface area contributed by atoms with Crippen molar-refractivity contribution in [1.82, 2.24) is 25.0 Å². The lowest BCUT2D eigenvalue weighted by Gasteiger charge is -2.09. The summed E-state index contributed by atoms with van der Waals surface area (Å²) in [4.78, 5) is 20.2. The van der Waals surface area contributed by atoms with Crippen molar-refractivity contribution < 1.29 is 9.32 Å².